The van der Waals surface area contributed by atoms with E-state index >= 15 is 0 Å². The van der Waals surface area contributed by atoms with Crippen LogP contribution in [0.2, 0.25) is 0 Å². The molecule has 1 N–H and O–H groups in total. The van der Waals surface area contributed by atoms with Gasteiger partial charge >= 0.3 is 12.0 Å². The third kappa shape index (κ3) is 4.28. The lowest BCUT2D eigenvalue weighted by Gasteiger charge is -2.11. The maximum absolute atomic E-state index is 12.3. The summed E-state index contributed by atoms with van der Waals surface area (Å²) >= 11 is 0. The molecule has 8 nitrogen and oxygen atoms in total. The van der Waals surface area contributed by atoms with Gasteiger partial charge in [0.2, 0.25) is 0 Å². The zero-order chi connectivity index (χ0) is 18.4. The van der Waals surface area contributed by atoms with E-state index in [9.17, 15) is 14.4 Å². The summed E-state index contributed by atoms with van der Waals surface area (Å²) in [6.45, 7) is 4.24. The molecule has 1 fully saturated rings. The lowest BCUT2D eigenvalue weighted by Crippen LogP contribution is -2.36. The SMILES string of the molecule is CCOc1ccc(/C=C2/NC(=O)N(CC(=O)OC)C2=O)cc1OCC. The molecule has 1 aliphatic heterocycles. The average molecular weight is 348 g/mol. The number of benzene rings is 1. The smallest absolute Gasteiger partial charge is 0.329 e. The van der Waals surface area contributed by atoms with Crippen LogP contribution in [-0.4, -0.2) is 49.7 Å². The normalized spacial score (nSPS) is 15.3. The zero-order valence-electron chi connectivity index (χ0n) is 14.3. The van der Waals surface area contributed by atoms with Gasteiger partial charge in [0, 0.05) is 0 Å². The highest BCUT2D eigenvalue weighted by Gasteiger charge is 2.35. The fraction of sp³-hybridized carbons (Fsp3) is 0.353. The third-order valence-corrected chi connectivity index (χ3v) is 3.36. The van der Waals surface area contributed by atoms with Crippen LogP contribution in [0.3, 0.4) is 0 Å². The summed E-state index contributed by atoms with van der Waals surface area (Å²) in [5.41, 5.74) is 0.719. The molecule has 2 rings (SSSR count). The van der Waals surface area contributed by atoms with Crippen LogP contribution in [0.25, 0.3) is 6.08 Å². The molecule has 3 amide bonds. The van der Waals surface area contributed by atoms with Crippen LogP contribution in [0.4, 0.5) is 4.79 Å². The van der Waals surface area contributed by atoms with Crippen LogP contribution < -0.4 is 14.8 Å². The van der Waals surface area contributed by atoms with Crippen molar-refractivity contribution in [3.63, 3.8) is 0 Å². The van der Waals surface area contributed by atoms with Gasteiger partial charge in [-0.3, -0.25) is 9.59 Å². The maximum Gasteiger partial charge on any atom is 0.329 e. The molecular formula is C17H20N2O6. The Morgan fingerprint density at radius 3 is 2.48 bits per heavy atom. The highest BCUT2D eigenvalue weighted by atomic mass is 16.5. The summed E-state index contributed by atoms with van der Waals surface area (Å²) in [5, 5.41) is 2.44. The van der Waals surface area contributed by atoms with Crippen LogP contribution in [-0.2, 0) is 14.3 Å². The molecule has 0 saturated carbocycles. The molecule has 25 heavy (non-hydrogen) atoms. The summed E-state index contributed by atoms with van der Waals surface area (Å²) < 4.78 is 15.5. The number of nitrogens with one attached hydrogen (secondary N) is 1. The van der Waals surface area contributed by atoms with Gasteiger partial charge in [-0.05, 0) is 37.6 Å². The number of methoxy groups -OCH3 is 1. The van der Waals surface area contributed by atoms with Crippen molar-refractivity contribution in [3.05, 3.63) is 29.5 Å². The van der Waals surface area contributed by atoms with Gasteiger partial charge in [-0.2, -0.15) is 0 Å². The fourth-order valence-electron chi connectivity index (χ4n) is 2.23. The second-order valence-corrected chi connectivity index (χ2v) is 5.03. The standard InChI is InChI=1S/C17H20N2O6/c1-4-24-13-7-6-11(9-14(13)25-5-2)8-12-16(21)19(17(22)18-12)10-15(20)23-3/h6-9H,4-5,10H2,1-3H3,(H,18,22)/b12-8+. The average Bonchev–Trinajstić information content (AvgIpc) is 2.85. The molecule has 0 radical (unpaired) electrons. The highest BCUT2D eigenvalue weighted by molar-refractivity contribution is 6.15. The van der Waals surface area contributed by atoms with Gasteiger partial charge in [-0.15, -0.1) is 0 Å². The van der Waals surface area contributed by atoms with E-state index in [0.29, 0.717) is 30.3 Å². The van der Waals surface area contributed by atoms with Gasteiger partial charge in [0.25, 0.3) is 5.91 Å². The van der Waals surface area contributed by atoms with Crippen molar-refractivity contribution in [2.75, 3.05) is 26.9 Å². The van der Waals surface area contributed by atoms with Crippen molar-refractivity contribution in [2.24, 2.45) is 0 Å². The molecule has 1 aliphatic rings. The molecule has 1 heterocycles. The Morgan fingerprint density at radius 1 is 1.16 bits per heavy atom. The molecule has 0 aliphatic carbocycles. The number of rotatable bonds is 7. The highest BCUT2D eigenvalue weighted by Crippen LogP contribution is 2.29. The Balaban J connectivity index is 2.25. The molecule has 134 valence electrons. The van der Waals surface area contributed by atoms with Gasteiger partial charge in [0.1, 0.15) is 12.2 Å². The summed E-state index contributed by atoms with van der Waals surface area (Å²) in [4.78, 5) is 36.2. The van der Waals surface area contributed by atoms with Crippen LogP contribution in [0.1, 0.15) is 19.4 Å². The second kappa shape index (κ2) is 8.18. The van der Waals surface area contributed by atoms with Gasteiger partial charge < -0.3 is 19.5 Å². The van der Waals surface area contributed by atoms with E-state index in [0.717, 1.165) is 4.90 Å². The van der Waals surface area contributed by atoms with Gasteiger partial charge in [0.15, 0.2) is 11.5 Å². The Hall–Kier alpha value is -3.03. The number of carbonyl (C=O) groups is 3. The van der Waals surface area contributed by atoms with E-state index in [4.69, 9.17) is 9.47 Å². The first kappa shape index (κ1) is 18.3. The molecule has 0 atom stereocenters. The lowest BCUT2D eigenvalue weighted by atomic mass is 10.1. The molecule has 1 aromatic rings. The first-order chi connectivity index (χ1) is 12.0. The van der Waals surface area contributed by atoms with Gasteiger partial charge in [-0.1, -0.05) is 6.07 Å². The number of hydrogen-bond donors (Lipinski definition) is 1. The van der Waals surface area contributed by atoms with Crippen LogP contribution >= 0.6 is 0 Å². The Kier molecular flexibility index (Phi) is 5.99. The van der Waals surface area contributed by atoms with E-state index in [2.05, 4.69) is 10.1 Å². The van der Waals surface area contributed by atoms with Crippen molar-refractivity contribution in [1.29, 1.82) is 0 Å². The number of amides is 3. The van der Waals surface area contributed by atoms with Crippen molar-refractivity contribution in [1.82, 2.24) is 10.2 Å². The number of esters is 1. The van der Waals surface area contributed by atoms with E-state index in [1.165, 1.54) is 13.2 Å². The largest absolute Gasteiger partial charge is 0.490 e. The molecule has 8 heteroatoms. The topological polar surface area (TPSA) is 94.2 Å². The molecule has 0 unspecified atom stereocenters. The minimum atomic E-state index is -0.676. The number of imide groups is 1. The summed E-state index contributed by atoms with van der Waals surface area (Å²) in [6.07, 6.45) is 1.51. The Labute approximate surface area is 145 Å². The quantitative estimate of drug-likeness (QED) is 0.456. The first-order valence-corrected chi connectivity index (χ1v) is 7.81. The Bertz CT molecular complexity index is 713. The molecule has 1 saturated heterocycles. The summed E-state index contributed by atoms with van der Waals surface area (Å²) in [6, 6.07) is 4.51. The fourth-order valence-corrected chi connectivity index (χ4v) is 2.23. The van der Waals surface area contributed by atoms with Crippen LogP contribution in [0.15, 0.2) is 23.9 Å². The molecule has 0 bridgehead atoms. The number of urea groups is 1. The summed E-state index contributed by atoms with van der Waals surface area (Å²) in [5.74, 6) is -0.130. The van der Waals surface area contributed by atoms with E-state index < -0.39 is 24.5 Å². The number of carbonyl (C=O) groups excluding carboxylic acids is 3. The zero-order valence-corrected chi connectivity index (χ0v) is 14.3. The lowest BCUT2D eigenvalue weighted by molar-refractivity contribution is -0.143. The second-order valence-electron chi connectivity index (χ2n) is 5.03. The predicted molar refractivity (Wildman–Crippen MR) is 89.0 cm³/mol. The van der Waals surface area contributed by atoms with Crippen LogP contribution in [0, 0.1) is 0 Å². The van der Waals surface area contributed by atoms with Crippen molar-refractivity contribution < 1.29 is 28.6 Å². The Morgan fingerprint density at radius 2 is 1.84 bits per heavy atom. The molecular weight excluding hydrogens is 328 g/mol. The minimum Gasteiger partial charge on any atom is -0.490 e. The molecule has 0 spiro atoms. The van der Waals surface area contributed by atoms with E-state index in [-0.39, 0.29) is 5.70 Å². The number of nitrogens with zero attached hydrogens (tertiary/aromatic N) is 1. The maximum atomic E-state index is 12.3. The van der Waals surface area contributed by atoms with E-state index in [1.54, 1.807) is 18.2 Å². The monoisotopic (exact) mass is 348 g/mol. The number of ether oxygens (including phenoxy) is 3. The van der Waals surface area contributed by atoms with Crippen molar-refractivity contribution >= 4 is 24.0 Å². The predicted octanol–water partition coefficient (Wildman–Crippen LogP) is 1.55. The van der Waals surface area contributed by atoms with Crippen LogP contribution in [0.5, 0.6) is 11.5 Å². The van der Waals surface area contributed by atoms with Crippen molar-refractivity contribution in [3.8, 4) is 11.5 Å². The molecule has 1 aromatic carbocycles. The minimum absolute atomic E-state index is 0.0699. The van der Waals surface area contributed by atoms with Gasteiger partial charge in [0.05, 0.1) is 20.3 Å². The summed E-state index contributed by atoms with van der Waals surface area (Å²) in [7, 11) is 1.19. The number of hydrogen-bond acceptors (Lipinski definition) is 6. The van der Waals surface area contributed by atoms with Gasteiger partial charge in [-0.25, -0.2) is 9.69 Å². The molecule has 0 aromatic heterocycles. The van der Waals surface area contributed by atoms with Crippen molar-refractivity contribution in [2.45, 2.75) is 13.8 Å². The van der Waals surface area contributed by atoms with E-state index in [1.807, 2.05) is 13.8 Å². The third-order valence-electron chi connectivity index (χ3n) is 3.36. The first-order valence-electron chi connectivity index (χ1n) is 7.81.